The normalized spacial score (nSPS) is 21.4. The van der Waals surface area contributed by atoms with E-state index >= 15 is 0 Å². The van der Waals surface area contributed by atoms with E-state index in [9.17, 15) is 22.6 Å². The lowest BCUT2D eigenvalue weighted by Gasteiger charge is -2.30. The van der Waals surface area contributed by atoms with Crippen LogP contribution < -0.4 is 16.8 Å². The van der Waals surface area contributed by atoms with E-state index in [0.29, 0.717) is 6.42 Å². The topological polar surface area (TPSA) is 153 Å². The number of nitrogens with two attached hydrogens (primary N) is 2. The Labute approximate surface area is 168 Å². The number of anilines is 2. The molecule has 152 valence electrons. The summed E-state index contributed by atoms with van der Waals surface area (Å²) in [6.45, 7) is 0. The molecule has 2 aromatic rings. The highest BCUT2D eigenvalue weighted by Crippen LogP contribution is 2.39. The smallest absolute Gasteiger partial charge is 0.296 e. The van der Waals surface area contributed by atoms with Crippen molar-refractivity contribution in [3.05, 3.63) is 52.6 Å². The van der Waals surface area contributed by atoms with Crippen molar-refractivity contribution in [1.29, 1.82) is 0 Å². The Hall–Kier alpha value is -2.75. The van der Waals surface area contributed by atoms with Gasteiger partial charge in [0.1, 0.15) is 4.90 Å². The van der Waals surface area contributed by atoms with Crippen LogP contribution in [0.3, 0.4) is 0 Å². The van der Waals surface area contributed by atoms with Crippen LogP contribution in [0.1, 0.15) is 57.5 Å². The SMILES string of the molecule is Nc1c(S(=O)(=O)O)cc(NC2CCCC(N)C2)c2c1C(=O)c1ccccc1C2=O. The Balaban J connectivity index is 1.94. The number of ketones is 2. The number of nitrogen functional groups attached to an aromatic ring is 1. The second-order valence-corrected chi connectivity index (χ2v) is 8.92. The third kappa shape index (κ3) is 3.31. The summed E-state index contributed by atoms with van der Waals surface area (Å²) in [5, 5.41) is 3.18. The molecule has 0 heterocycles. The van der Waals surface area contributed by atoms with Crippen molar-refractivity contribution in [2.75, 3.05) is 11.1 Å². The Morgan fingerprint density at radius 3 is 2.24 bits per heavy atom. The highest BCUT2D eigenvalue weighted by molar-refractivity contribution is 7.86. The monoisotopic (exact) mass is 415 g/mol. The summed E-state index contributed by atoms with van der Waals surface area (Å²) in [5.41, 5.74) is 11.9. The molecule has 8 nitrogen and oxygen atoms in total. The minimum atomic E-state index is -4.71. The third-order valence-electron chi connectivity index (χ3n) is 5.55. The predicted octanol–water partition coefficient (Wildman–Crippen LogP) is 1.97. The Morgan fingerprint density at radius 2 is 1.66 bits per heavy atom. The number of benzene rings is 2. The lowest BCUT2D eigenvalue weighted by Crippen LogP contribution is -2.36. The summed E-state index contributed by atoms with van der Waals surface area (Å²) in [4.78, 5) is 25.7. The maximum absolute atomic E-state index is 13.2. The average molecular weight is 415 g/mol. The molecule has 2 unspecified atom stereocenters. The van der Waals surface area contributed by atoms with Gasteiger partial charge in [-0.05, 0) is 31.7 Å². The van der Waals surface area contributed by atoms with Gasteiger partial charge < -0.3 is 16.8 Å². The molecule has 0 aromatic heterocycles. The van der Waals surface area contributed by atoms with Crippen molar-refractivity contribution in [2.24, 2.45) is 5.73 Å². The molecule has 1 saturated carbocycles. The Kier molecular flexibility index (Phi) is 4.68. The number of carbonyl (C=O) groups is 2. The molecule has 9 heteroatoms. The van der Waals surface area contributed by atoms with Crippen LogP contribution in [-0.4, -0.2) is 36.6 Å². The van der Waals surface area contributed by atoms with Gasteiger partial charge >= 0.3 is 0 Å². The van der Waals surface area contributed by atoms with Crippen LogP contribution in [0.15, 0.2) is 35.2 Å². The molecular weight excluding hydrogens is 394 g/mol. The molecule has 2 aliphatic rings. The second kappa shape index (κ2) is 6.94. The Bertz CT molecular complexity index is 1140. The van der Waals surface area contributed by atoms with Crippen LogP contribution in [0.2, 0.25) is 0 Å². The third-order valence-corrected chi connectivity index (χ3v) is 6.45. The van der Waals surface area contributed by atoms with Gasteiger partial charge in [0, 0.05) is 28.9 Å². The van der Waals surface area contributed by atoms with E-state index in [2.05, 4.69) is 5.32 Å². The van der Waals surface area contributed by atoms with Gasteiger partial charge in [-0.25, -0.2) is 0 Å². The highest BCUT2D eigenvalue weighted by atomic mass is 32.2. The van der Waals surface area contributed by atoms with Gasteiger partial charge in [-0.1, -0.05) is 24.3 Å². The predicted molar refractivity (Wildman–Crippen MR) is 108 cm³/mol. The zero-order valence-corrected chi connectivity index (χ0v) is 16.3. The summed E-state index contributed by atoms with van der Waals surface area (Å²) in [6.07, 6.45) is 3.20. The molecule has 6 N–H and O–H groups in total. The van der Waals surface area contributed by atoms with E-state index < -0.39 is 32.3 Å². The largest absolute Gasteiger partial charge is 0.397 e. The standard InChI is InChI=1S/C20H21N3O5S/c21-10-4-3-5-11(8-10)23-14-9-15(29(26,27)28)18(22)17-16(14)19(24)12-6-1-2-7-13(12)20(17)25/h1-2,6-7,9-11,23H,3-5,8,21-22H2,(H,26,27,28). The number of rotatable bonds is 3. The number of hydrogen-bond donors (Lipinski definition) is 4. The van der Waals surface area contributed by atoms with Crippen LogP contribution in [0.5, 0.6) is 0 Å². The van der Waals surface area contributed by atoms with Gasteiger partial charge in [-0.3, -0.25) is 14.1 Å². The molecule has 0 saturated heterocycles. The van der Waals surface area contributed by atoms with Crippen LogP contribution in [0.4, 0.5) is 11.4 Å². The van der Waals surface area contributed by atoms with Gasteiger partial charge in [0.15, 0.2) is 11.6 Å². The van der Waals surface area contributed by atoms with E-state index in [1.807, 2.05) is 0 Å². The van der Waals surface area contributed by atoms with Crippen molar-refractivity contribution in [3.63, 3.8) is 0 Å². The summed E-state index contributed by atoms with van der Waals surface area (Å²) in [6, 6.07) is 7.32. The fourth-order valence-electron chi connectivity index (χ4n) is 4.20. The molecule has 0 amide bonds. The van der Waals surface area contributed by atoms with Crippen molar-refractivity contribution in [2.45, 2.75) is 42.7 Å². The van der Waals surface area contributed by atoms with E-state index in [0.717, 1.165) is 25.3 Å². The van der Waals surface area contributed by atoms with E-state index in [-0.39, 0.29) is 40.0 Å². The van der Waals surface area contributed by atoms with Crippen molar-refractivity contribution in [3.8, 4) is 0 Å². The van der Waals surface area contributed by atoms with Crippen molar-refractivity contribution in [1.82, 2.24) is 0 Å². The van der Waals surface area contributed by atoms with Crippen LogP contribution in [-0.2, 0) is 10.1 Å². The molecule has 0 bridgehead atoms. The molecule has 0 radical (unpaired) electrons. The van der Waals surface area contributed by atoms with Gasteiger partial charge in [0.25, 0.3) is 10.1 Å². The molecule has 2 aliphatic carbocycles. The molecule has 2 atom stereocenters. The lowest BCUT2D eigenvalue weighted by molar-refractivity contribution is 0.0980. The Morgan fingerprint density at radius 1 is 1.03 bits per heavy atom. The van der Waals surface area contributed by atoms with Gasteiger partial charge in [-0.2, -0.15) is 8.42 Å². The first kappa shape index (κ1) is 19.6. The number of hydrogen-bond acceptors (Lipinski definition) is 7. The van der Waals surface area contributed by atoms with E-state index in [1.165, 1.54) is 6.07 Å². The van der Waals surface area contributed by atoms with Crippen molar-refractivity contribution >= 4 is 33.1 Å². The average Bonchev–Trinajstić information content (AvgIpc) is 2.66. The van der Waals surface area contributed by atoms with Crippen LogP contribution in [0.25, 0.3) is 0 Å². The minimum Gasteiger partial charge on any atom is -0.397 e. The van der Waals surface area contributed by atoms with Crippen molar-refractivity contribution < 1.29 is 22.6 Å². The molecule has 4 rings (SSSR count). The number of fused-ring (bicyclic) bond motifs is 2. The molecule has 2 aromatic carbocycles. The molecule has 0 aliphatic heterocycles. The van der Waals surface area contributed by atoms with Gasteiger partial charge in [0.2, 0.25) is 0 Å². The first-order valence-corrected chi connectivity index (χ1v) is 10.8. The fraction of sp³-hybridized carbons (Fsp3) is 0.300. The van der Waals surface area contributed by atoms with Gasteiger partial charge in [-0.15, -0.1) is 0 Å². The molecule has 0 spiro atoms. The number of carbonyl (C=O) groups excluding carboxylic acids is 2. The summed E-state index contributed by atoms with van der Waals surface area (Å²) in [5.74, 6) is -0.979. The van der Waals surface area contributed by atoms with E-state index in [4.69, 9.17) is 11.5 Å². The lowest BCUT2D eigenvalue weighted by atomic mass is 9.82. The van der Waals surface area contributed by atoms with E-state index in [1.54, 1.807) is 18.2 Å². The minimum absolute atomic E-state index is 0.00929. The van der Waals surface area contributed by atoms with Crippen LogP contribution in [0, 0.1) is 0 Å². The maximum Gasteiger partial charge on any atom is 0.296 e. The van der Waals surface area contributed by atoms with Gasteiger partial charge in [0.05, 0.1) is 16.8 Å². The maximum atomic E-state index is 13.2. The molecular formula is C20H21N3O5S. The first-order valence-electron chi connectivity index (χ1n) is 9.33. The number of nitrogens with one attached hydrogen (secondary N) is 1. The summed E-state index contributed by atoms with van der Waals surface area (Å²) < 4.78 is 33.4. The zero-order valence-electron chi connectivity index (χ0n) is 15.5. The fourth-order valence-corrected chi connectivity index (χ4v) is 4.85. The highest BCUT2D eigenvalue weighted by Gasteiger charge is 2.37. The summed E-state index contributed by atoms with van der Waals surface area (Å²) >= 11 is 0. The summed E-state index contributed by atoms with van der Waals surface area (Å²) in [7, 11) is -4.71. The first-order chi connectivity index (χ1) is 13.7. The molecule has 29 heavy (non-hydrogen) atoms. The quantitative estimate of drug-likeness (QED) is 0.374. The molecule has 1 fully saturated rings. The second-order valence-electron chi connectivity index (χ2n) is 7.53. The zero-order chi connectivity index (χ0) is 20.9. The van der Waals surface area contributed by atoms with Crippen LogP contribution >= 0.6 is 0 Å².